The molecule has 0 radical (unpaired) electrons. The summed E-state index contributed by atoms with van der Waals surface area (Å²) in [7, 11) is 1.64. The first-order chi connectivity index (χ1) is 9.60. The van der Waals surface area contributed by atoms with Gasteiger partial charge in [-0.15, -0.1) is 0 Å². The summed E-state index contributed by atoms with van der Waals surface area (Å²) in [5.41, 5.74) is 7.30. The zero-order valence-corrected chi connectivity index (χ0v) is 11.9. The Kier molecular flexibility index (Phi) is 4.40. The molecule has 0 saturated heterocycles. The van der Waals surface area contributed by atoms with Crippen molar-refractivity contribution in [3.8, 4) is 5.75 Å². The summed E-state index contributed by atoms with van der Waals surface area (Å²) >= 11 is 0. The van der Waals surface area contributed by atoms with Crippen LogP contribution in [0.25, 0.3) is 0 Å². The van der Waals surface area contributed by atoms with Gasteiger partial charge in [0.25, 0.3) is 0 Å². The zero-order chi connectivity index (χ0) is 14.6. The summed E-state index contributed by atoms with van der Waals surface area (Å²) in [6, 6.07) is 14.6. The van der Waals surface area contributed by atoms with Crippen LogP contribution in [0.2, 0.25) is 0 Å². The quantitative estimate of drug-likeness (QED) is 0.907. The SMILES string of the molecule is COc1ccccc1C(C)(CN)Cc1ccccc1F. The van der Waals surface area contributed by atoms with Crippen molar-refractivity contribution in [2.24, 2.45) is 5.73 Å². The second kappa shape index (κ2) is 6.06. The third-order valence-electron chi connectivity index (χ3n) is 3.75. The zero-order valence-electron chi connectivity index (χ0n) is 11.9. The van der Waals surface area contributed by atoms with Crippen LogP contribution in [0, 0.1) is 5.82 Å². The van der Waals surface area contributed by atoms with Gasteiger partial charge in [-0.25, -0.2) is 4.39 Å². The Morgan fingerprint density at radius 3 is 2.40 bits per heavy atom. The highest BCUT2D eigenvalue weighted by Crippen LogP contribution is 2.34. The Labute approximate surface area is 119 Å². The van der Waals surface area contributed by atoms with Crippen molar-refractivity contribution >= 4 is 0 Å². The van der Waals surface area contributed by atoms with Crippen LogP contribution in [0.4, 0.5) is 4.39 Å². The van der Waals surface area contributed by atoms with Gasteiger partial charge in [0.1, 0.15) is 11.6 Å². The first-order valence-corrected chi connectivity index (χ1v) is 6.67. The minimum Gasteiger partial charge on any atom is -0.496 e. The molecule has 1 unspecified atom stereocenters. The summed E-state index contributed by atoms with van der Waals surface area (Å²) < 4.78 is 19.3. The summed E-state index contributed by atoms with van der Waals surface area (Å²) in [4.78, 5) is 0. The van der Waals surface area contributed by atoms with Crippen molar-refractivity contribution < 1.29 is 9.13 Å². The maximum atomic E-state index is 13.9. The summed E-state index contributed by atoms with van der Waals surface area (Å²) in [6.45, 7) is 2.46. The Morgan fingerprint density at radius 2 is 1.75 bits per heavy atom. The van der Waals surface area contributed by atoms with Crippen LogP contribution < -0.4 is 10.5 Å². The van der Waals surface area contributed by atoms with Crippen LogP contribution >= 0.6 is 0 Å². The van der Waals surface area contributed by atoms with Crippen LogP contribution in [0.5, 0.6) is 5.75 Å². The lowest BCUT2D eigenvalue weighted by atomic mass is 9.77. The van der Waals surface area contributed by atoms with Crippen LogP contribution in [-0.4, -0.2) is 13.7 Å². The molecule has 3 heteroatoms. The second-order valence-electron chi connectivity index (χ2n) is 5.23. The van der Waals surface area contributed by atoms with Gasteiger partial charge in [-0.1, -0.05) is 43.3 Å². The van der Waals surface area contributed by atoms with E-state index in [-0.39, 0.29) is 11.2 Å². The largest absolute Gasteiger partial charge is 0.496 e. The van der Waals surface area contributed by atoms with Crippen molar-refractivity contribution in [1.29, 1.82) is 0 Å². The van der Waals surface area contributed by atoms with Gasteiger partial charge >= 0.3 is 0 Å². The number of hydrogen-bond donors (Lipinski definition) is 1. The smallest absolute Gasteiger partial charge is 0.126 e. The Bertz CT molecular complexity index is 585. The van der Waals surface area contributed by atoms with E-state index in [0.717, 1.165) is 11.3 Å². The van der Waals surface area contributed by atoms with E-state index >= 15 is 0 Å². The number of nitrogens with two attached hydrogens (primary N) is 1. The molecule has 20 heavy (non-hydrogen) atoms. The highest BCUT2D eigenvalue weighted by molar-refractivity contribution is 5.41. The van der Waals surface area contributed by atoms with Crippen LogP contribution in [0.3, 0.4) is 0 Å². The van der Waals surface area contributed by atoms with E-state index in [9.17, 15) is 4.39 Å². The summed E-state index contributed by atoms with van der Waals surface area (Å²) in [5.74, 6) is 0.596. The van der Waals surface area contributed by atoms with Crippen molar-refractivity contribution in [3.63, 3.8) is 0 Å². The number of para-hydroxylation sites is 1. The maximum Gasteiger partial charge on any atom is 0.126 e. The minimum atomic E-state index is -0.366. The summed E-state index contributed by atoms with van der Waals surface area (Å²) in [5, 5.41) is 0. The first kappa shape index (κ1) is 14.5. The van der Waals surface area contributed by atoms with Gasteiger partial charge in [0.2, 0.25) is 0 Å². The van der Waals surface area contributed by atoms with Crippen LogP contribution in [-0.2, 0) is 11.8 Å². The number of methoxy groups -OCH3 is 1. The molecule has 2 N–H and O–H groups in total. The van der Waals surface area contributed by atoms with Gasteiger partial charge in [0, 0.05) is 17.5 Å². The maximum absolute atomic E-state index is 13.9. The molecule has 2 aromatic carbocycles. The molecule has 0 spiro atoms. The van der Waals surface area contributed by atoms with E-state index in [2.05, 4.69) is 0 Å². The first-order valence-electron chi connectivity index (χ1n) is 6.67. The molecule has 2 rings (SSSR count). The number of hydrogen-bond acceptors (Lipinski definition) is 2. The molecule has 2 nitrogen and oxygen atoms in total. The van der Waals surface area contributed by atoms with Gasteiger partial charge in [-0.3, -0.25) is 0 Å². The fraction of sp³-hybridized carbons (Fsp3) is 0.294. The van der Waals surface area contributed by atoms with E-state index in [1.807, 2.05) is 37.3 Å². The molecular formula is C17H20FNO. The third kappa shape index (κ3) is 2.83. The Morgan fingerprint density at radius 1 is 1.10 bits per heavy atom. The number of halogens is 1. The van der Waals surface area contributed by atoms with E-state index < -0.39 is 0 Å². The standard InChI is InChI=1S/C17H20FNO/c1-17(12-19,11-13-7-3-5-9-15(13)18)14-8-4-6-10-16(14)20-2/h3-10H,11-12,19H2,1-2H3. The fourth-order valence-corrected chi connectivity index (χ4v) is 2.48. The highest BCUT2D eigenvalue weighted by atomic mass is 19.1. The van der Waals surface area contributed by atoms with Gasteiger partial charge < -0.3 is 10.5 Å². The van der Waals surface area contributed by atoms with E-state index in [4.69, 9.17) is 10.5 Å². The average Bonchev–Trinajstić information content (AvgIpc) is 2.49. The molecule has 0 aliphatic rings. The molecule has 106 valence electrons. The normalized spacial score (nSPS) is 13.8. The van der Waals surface area contributed by atoms with E-state index in [1.165, 1.54) is 6.07 Å². The molecule has 0 fully saturated rings. The lowest BCUT2D eigenvalue weighted by Crippen LogP contribution is -2.34. The highest BCUT2D eigenvalue weighted by Gasteiger charge is 2.29. The van der Waals surface area contributed by atoms with Gasteiger partial charge in [-0.05, 0) is 24.1 Å². The fourth-order valence-electron chi connectivity index (χ4n) is 2.48. The minimum absolute atomic E-state index is 0.193. The molecule has 2 aromatic rings. The Hall–Kier alpha value is -1.87. The topological polar surface area (TPSA) is 35.2 Å². The lowest BCUT2D eigenvalue weighted by molar-refractivity contribution is 0.383. The van der Waals surface area contributed by atoms with Crippen LogP contribution in [0.15, 0.2) is 48.5 Å². The van der Waals surface area contributed by atoms with Gasteiger partial charge in [0.05, 0.1) is 7.11 Å². The summed E-state index contributed by atoms with van der Waals surface area (Å²) in [6.07, 6.45) is 0.538. The molecular weight excluding hydrogens is 253 g/mol. The molecule has 0 heterocycles. The van der Waals surface area contributed by atoms with E-state index in [0.29, 0.717) is 18.5 Å². The molecule has 1 atom stereocenters. The van der Waals surface area contributed by atoms with Crippen molar-refractivity contribution in [1.82, 2.24) is 0 Å². The molecule has 0 aromatic heterocycles. The molecule has 0 aliphatic heterocycles. The third-order valence-corrected chi connectivity index (χ3v) is 3.75. The van der Waals surface area contributed by atoms with Crippen molar-refractivity contribution in [2.45, 2.75) is 18.8 Å². The second-order valence-corrected chi connectivity index (χ2v) is 5.23. The predicted octanol–water partition coefficient (Wildman–Crippen LogP) is 3.29. The van der Waals surface area contributed by atoms with Crippen LogP contribution in [0.1, 0.15) is 18.1 Å². The number of benzene rings is 2. The predicted molar refractivity (Wildman–Crippen MR) is 79.5 cm³/mol. The monoisotopic (exact) mass is 273 g/mol. The Balaban J connectivity index is 2.41. The molecule has 0 saturated carbocycles. The van der Waals surface area contributed by atoms with Crippen molar-refractivity contribution in [3.05, 3.63) is 65.5 Å². The van der Waals surface area contributed by atoms with Crippen molar-refractivity contribution in [2.75, 3.05) is 13.7 Å². The average molecular weight is 273 g/mol. The number of rotatable bonds is 5. The number of ether oxygens (including phenoxy) is 1. The van der Waals surface area contributed by atoms with E-state index in [1.54, 1.807) is 19.2 Å². The van der Waals surface area contributed by atoms with Gasteiger partial charge in [-0.2, -0.15) is 0 Å². The molecule has 0 bridgehead atoms. The molecule has 0 amide bonds. The molecule has 0 aliphatic carbocycles. The lowest BCUT2D eigenvalue weighted by Gasteiger charge is -2.30. The van der Waals surface area contributed by atoms with Gasteiger partial charge in [0.15, 0.2) is 0 Å².